The molecule has 1 aromatic carbocycles. The van der Waals surface area contributed by atoms with Crippen molar-refractivity contribution in [2.45, 2.75) is 6.92 Å². The van der Waals surface area contributed by atoms with Crippen molar-refractivity contribution in [3.05, 3.63) is 39.2 Å². The number of benzene rings is 1. The second-order valence-corrected chi connectivity index (χ2v) is 4.94. The van der Waals surface area contributed by atoms with Crippen LogP contribution in [-0.4, -0.2) is 10.1 Å². The van der Waals surface area contributed by atoms with Crippen LogP contribution in [0.5, 0.6) is 5.75 Å². The molecular formula is C12H8FNO2S. The van der Waals surface area contributed by atoms with Crippen LogP contribution < -0.4 is 5.56 Å². The predicted molar refractivity (Wildman–Crippen MR) is 66.3 cm³/mol. The number of aromatic nitrogens is 1. The Morgan fingerprint density at radius 2 is 2.06 bits per heavy atom. The van der Waals surface area contributed by atoms with E-state index in [2.05, 4.69) is 4.98 Å². The standard InChI is InChI=1S/C12H8FNO2S/c1-5-2-6(15)3-7-8-4-9(13)17-11(8)12(16)14-10(5)7/h2-4,15H,1H3,(H,14,16). The highest BCUT2D eigenvalue weighted by Gasteiger charge is 2.11. The molecule has 2 aromatic heterocycles. The van der Waals surface area contributed by atoms with E-state index in [1.165, 1.54) is 12.1 Å². The Morgan fingerprint density at radius 1 is 1.29 bits per heavy atom. The molecule has 0 saturated carbocycles. The van der Waals surface area contributed by atoms with Gasteiger partial charge in [0.25, 0.3) is 5.56 Å². The maximum atomic E-state index is 13.2. The molecule has 17 heavy (non-hydrogen) atoms. The Bertz CT molecular complexity index is 803. The maximum absolute atomic E-state index is 13.2. The fourth-order valence-corrected chi connectivity index (χ4v) is 2.84. The van der Waals surface area contributed by atoms with Crippen molar-refractivity contribution >= 4 is 32.3 Å². The van der Waals surface area contributed by atoms with Crippen molar-refractivity contribution in [3.63, 3.8) is 0 Å². The number of H-pyrrole nitrogens is 1. The summed E-state index contributed by atoms with van der Waals surface area (Å²) in [6.45, 7) is 1.78. The highest BCUT2D eigenvalue weighted by atomic mass is 32.1. The van der Waals surface area contributed by atoms with E-state index in [4.69, 9.17) is 0 Å². The molecule has 0 aliphatic carbocycles. The first-order valence-electron chi connectivity index (χ1n) is 5.01. The molecule has 0 spiro atoms. The molecule has 0 unspecified atom stereocenters. The number of pyridine rings is 1. The van der Waals surface area contributed by atoms with Crippen molar-refractivity contribution in [1.29, 1.82) is 0 Å². The molecule has 0 aliphatic heterocycles. The smallest absolute Gasteiger partial charge is 0.266 e. The molecule has 0 aliphatic rings. The van der Waals surface area contributed by atoms with Crippen LogP contribution >= 0.6 is 11.3 Å². The summed E-state index contributed by atoms with van der Waals surface area (Å²) < 4.78 is 13.6. The zero-order chi connectivity index (χ0) is 12.2. The Hall–Kier alpha value is -1.88. The van der Waals surface area contributed by atoms with Crippen molar-refractivity contribution in [3.8, 4) is 5.75 Å². The first-order valence-corrected chi connectivity index (χ1v) is 5.82. The zero-order valence-electron chi connectivity index (χ0n) is 8.87. The molecule has 0 bridgehead atoms. The number of phenolic OH excluding ortho intramolecular Hbond substituents is 1. The number of hydrogen-bond donors (Lipinski definition) is 2. The van der Waals surface area contributed by atoms with E-state index < -0.39 is 5.13 Å². The summed E-state index contributed by atoms with van der Waals surface area (Å²) in [4.78, 5) is 14.5. The molecule has 0 saturated heterocycles. The third-order valence-corrected chi connectivity index (χ3v) is 3.68. The number of aryl methyl sites for hydroxylation is 1. The second kappa shape index (κ2) is 3.30. The molecule has 0 atom stereocenters. The number of aromatic amines is 1. The predicted octanol–water partition coefficient (Wildman–Crippen LogP) is 2.90. The van der Waals surface area contributed by atoms with Crippen LogP contribution in [0.25, 0.3) is 21.0 Å². The Kier molecular flexibility index (Phi) is 2.00. The van der Waals surface area contributed by atoms with Crippen LogP contribution in [0, 0.1) is 12.1 Å². The number of thiophene rings is 1. The van der Waals surface area contributed by atoms with E-state index in [9.17, 15) is 14.3 Å². The number of aromatic hydroxyl groups is 1. The lowest BCUT2D eigenvalue weighted by molar-refractivity contribution is 0.476. The van der Waals surface area contributed by atoms with Gasteiger partial charge in [-0.15, -0.1) is 11.3 Å². The molecule has 0 amide bonds. The molecule has 5 heteroatoms. The van der Waals surface area contributed by atoms with Gasteiger partial charge in [0.1, 0.15) is 10.4 Å². The molecule has 86 valence electrons. The first kappa shape index (κ1) is 10.3. The van der Waals surface area contributed by atoms with Gasteiger partial charge in [-0.2, -0.15) is 4.39 Å². The molecule has 3 nitrogen and oxygen atoms in total. The third kappa shape index (κ3) is 1.43. The summed E-state index contributed by atoms with van der Waals surface area (Å²) in [5, 5.41) is 10.4. The van der Waals surface area contributed by atoms with Gasteiger partial charge in [0.15, 0.2) is 5.13 Å². The van der Waals surface area contributed by atoms with Gasteiger partial charge in [0, 0.05) is 10.8 Å². The molecule has 2 heterocycles. The minimum atomic E-state index is -0.404. The lowest BCUT2D eigenvalue weighted by Crippen LogP contribution is -2.04. The van der Waals surface area contributed by atoms with Crippen LogP contribution in [-0.2, 0) is 0 Å². The molecule has 3 rings (SSSR count). The fraction of sp³-hybridized carbons (Fsp3) is 0.0833. The van der Waals surface area contributed by atoms with Gasteiger partial charge >= 0.3 is 0 Å². The number of fused-ring (bicyclic) bond motifs is 3. The largest absolute Gasteiger partial charge is 0.508 e. The van der Waals surface area contributed by atoms with Gasteiger partial charge in [0.05, 0.1) is 5.52 Å². The van der Waals surface area contributed by atoms with Crippen LogP contribution in [0.1, 0.15) is 5.56 Å². The van der Waals surface area contributed by atoms with Gasteiger partial charge in [-0.1, -0.05) is 0 Å². The number of hydrogen-bond acceptors (Lipinski definition) is 3. The van der Waals surface area contributed by atoms with Crippen LogP contribution in [0.4, 0.5) is 4.39 Å². The topological polar surface area (TPSA) is 53.1 Å². The van der Waals surface area contributed by atoms with Crippen LogP contribution in [0.3, 0.4) is 0 Å². The lowest BCUT2D eigenvalue weighted by Gasteiger charge is -2.04. The molecular weight excluding hydrogens is 241 g/mol. The van der Waals surface area contributed by atoms with Gasteiger partial charge in [-0.05, 0) is 30.7 Å². The molecule has 2 N–H and O–H groups in total. The van der Waals surface area contributed by atoms with E-state index in [-0.39, 0.29) is 11.3 Å². The third-order valence-electron chi connectivity index (χ3n) is 2.76. The summed E-state index contributed by atoms with van der Waals surface area (Å²) >= 11 is 0.813. The highest BCUT2D eigenvalue weighted by molar-refractivity contribution is 7.17. The fourth-order valence-electron chi connectivity index (χ4n) is 2.05. The normalized spacial score (nSPS) is 11.4. The number of rotatable bonds is 0. The van der Waals surface area contributed by atoms with Gasteiger partial charge in [0.2, 0.25) is 0 Å². The van der Waals surface area contributed by atoms with E-state index in [1.54, 1.807) is 13.0 Å². The first-order chi connectivity index (χ1) is 8.06. The highest BCUT2D eigenvalue weighted by Crippen LogP contribution is 2.31. The number of nitrogens with one attached hydrogen (secondary N) is 1. The summed E-state index contributed by atoms with van der Waals surface area (Å²) in [6.07, 6.45) is 0. The van der Waals surface area contributed by atoms with Crippen molar-refractivity contribution in [2.75, 3.05) is 0 Å². The molecule has 3 aromatic rings. The lowest BCUT2D eigenvalue weighted by atomic mass is 10.1. The quantitative estimate of drug-likeness (QED) is 0.643. The minimum absolute atomic E-state index is 0.106. The summed E-state index contributed by atoms with van der Waals surface area (Å²) in [5.74, 6) is 0.106. The van der Waals surface area contributed by atoms with Gasteiger partial charge < -0.3 is 10.1 Å². The average Bonchev–Trinajstić information content (AvgIpc) is 2.63. The second-order valence-electron chi connectivity index (χ2n) is 3.93. The minimum Gasteiger partial charge on any atom is -0.508 e. The summed E-state index contributed by atoms with van der Waals surface area (Å²) in [7, 11) is 0. The van der Waals surface area contributed by atoms with Crippen molar-refractivity contribution < 1.29 is 9.50 Å². The van der Waals surface area contributed by atoms with E-state index in [1.807, 2.05) is 0 Å². The van der Waals surface area contributed by atoms with E-state index in [0.717, 1.165) is 16.9 Å². The van der Waals surface area contributed by atoms with Gasteiger partial charge in [-0.25, -0.2) is 0 Å². The van der Waals surface area contributed by atoms with Crippen molar-refractivity contribution in [2.24, 2.45) is 0 Å². The maximum Gasteiger partial charge on any atom is 0.266 e. The number of phenols is 1. The summed E-state index contributed by atoms with van der Waals surface area (Å²) in [6, 6.07) is 4.43. The van der Waals surface area contributed by atoms with Crippen molar-refractivity contribution in [1.82, 2.24) is 4.98 Å². The molecule has 0 fully saturated rings. The van der Waals surface area contributed by atoms with Crippen LogP contribution in [0.15, 0.2) is 23.0 Å². The van der Waals surface area contributed by atoms with Crippen LogP contribution in [0.2, 0.25) is 0 Å². The SMILES string of the molecule is Cc1cc(O)cc2c1[nH]c(=O)c1sc(F)cc12. The summed E-state index contributed by atoms with van der Waals surface area (Å²) in [5.41, 5.74) is 1.10. The van der Waals surface area contributed by atoms with E-state index >= 15 is 0 Å². The zero-order valence-corrected chi connectivity index (χ0v) is 9.69. The Morgan fingerprint density at radius 3 is 2.82 bits per heavy atom. The monoisotopic (exact) mass is 249 g/mol. The Balaban J connectivity index is 2.67. The van der Waals surface area contributed by atoms with E-state index in [0.29, 0.717) is 21.0 Å². The Labute approximate surface area is 99.1 Å². The average molecular weight is 249 g/mol. The van der Waals surface area contributed by atoms with Gasteiger partial charge in [-0.3, -0.25) is 4.79 Å². The molecule has 0 radical (unpaired) electrons. The number of halogens is 1.